The molecule has 0 unspecified atom stereocenters. The summed E-state index contributed by atoms with van der Waals surface area (Å²) < 4.78 is 7.06. The van der Waals surface area contributed by atoms with Gasteiger partial charge in [-0.25, -0.2) is 4.68 Å². The Labute approximate surface area is 99.2 Å². The lowest BCUT2D eigenvalue weighted by Gasteiger charge is -2.14. The van der Waals surface area contributed by atoms with E-state index in [0.717, 1.165) is 12.8 Å². The van der Waals surface area contributed by atoms with Crippen molar-refractivity contribution >= 4 is 12.1 Å². The van der Waals surface area contributed by atoms with Crippen LogP contribution in [0.2, 0.25) is 0 Å². The molecule has 1 N–H and O–H groups in total. The SMILES string of the molecule is CC(C)(C#N)n1cc(NC=O)c(OC2CC2)n1. The van der Waals surface area contributed by atoms with E-state index in [1.165, 1.54) is 4.68 Å². The summed E-state index contributed by atoms with van der Waals surface area (Å²) in [5, 5.41) is 15.8. The first-order chi connectivity index (χ1) is 8.06. The number of hydrogen-bond donors (Lipinski definition) is 1. The lowest BCUT2D eigenvalue weighted by Crippen LogP contribution is -2.24. The third-order valence-electron chi connectivity index (χ3n) is 2.54. The van der Waals surface area contributed by atoms with Gasteiger partial charge in [0.25, 0.3) is 5.88 Å². The van der Waals surface area contributed by atoms with Crippen molar-refractivity contribution in [2.75, 3.05) is 5.32 Å². The van der Waals surface area contributed by atoms with E-state index >= 15 is 0 Å². The molecule has 0 spiro atoms. The molecule has 1 saturated carbocycles. The third kappa shape index (κ3) is 2.38. The maximum atomic E-state index is 10.5. The van der Waals surface area contributed by atoms with Crippen molar-refractivity contribution in [2.45, 2.75) is 38.3 Å². The number of nitriles is 1. The molecule has 2 rings (SSSR count). The molecule has 6 nitrogen and oxygen atoms in total. The fraction of sp³-hybridized carbons (Fsp3) is 0.545. The predicted molar refractivity (Wildman–Crippen MR) is 60.5 cm³/mol. The van der Waals surface area contributed by atoms with Gasteiger partial charge < -0.3 is 10.1 Å². The number of rotatable bonds is 5. The Hall–Kier alpha value is -2.03. The van der Waals surface area contributed by atoms with Gasteiger partial charge in [0.1, 0.15) is 17.3 Å². The highest BCUT2D eigenvalue weighted by molar-refractivity contribution is 5.73. The van der Waals surface area contributed by atoms with E-state index in [1.54, 1.807) is 20.0 Å². The number of ether oxygens (including phenoxy) is 1. The monoisotopic (exact) mass is 234 g/mol. The average molecular weight is 234 g/mol. The molecule has 0 bridgehead atoms. The van der Waals surface area contributed by atoms with Gasteiger partial charge >= 0.3 is 0 Å². The number of carbonyl (C=O) groups excluding carboxylic acids is 1. The van der Waals surface area contributed by atoms with Gasteiger partial charge in [0.15, 0.2) is 0 Å². The second-order valence-corrected chi connectivity index (χ2v) is 4.54. The van der Waals surface area contributed by atoms with E-state index in [0.29, 0.717) is 18.0 Å². The minimum absolute atomic E-state index is 0.191. The molecule has 1 amide bonds. The molecular formula is C11H14N4O2. The first-order valence-corrected chi connectivity index (χ1v) is 5.45. The van der Waals surface area contributed by atoms with Crippen molar-refractivity contribution in [2.24, 2.45) is 0 Å². The number of nitrogens with zero attached hydrogens (tertiary/aromatic N) is 3. The molecule has 1 heterocycles. The number of amides is 1. The van der Waals surface area contributed by atoms with Crippen LogP contribution < -0.4 is 10.1 Å². The van der Waals surface area contributed by atoms with Crippen LogP contribution in [0, 0.1) is 11.3 Å². The number of nitrogens with one attached hydrogen (secondary N) is 1. The first kappa shape index (κ1) is 11.5. The normalized spacial score (nSPS) is 15.1. The van der Waals surface area contributed by atoms with E-state index in [-0.39, 0.29) is 6.10 Å². The van der Waals surface area contributed by atoms with Gasteiger partial charge in [-0.05, 0) is 26.7 Å². The van der Waals surface area contributed by atoms with Gasteiger partial charge in [-0.1, -0.05) is 0 Å². The summed E-state index contributed by atoms with van der Waals surface area (Å²) in [7, 11) is 0. The molecule has 1 aliphatic carbocycles. The highest BCUT2D eigenvalue weighted by Gasteiger charge is 2.28. The van der Waals surface area contributed by atoms with Crippen LogP contribution in [0.5, 0.6) is 5.88 Å². The van der Waals surface area contributed by atoms with Gasteiger partial charge in [0.2, 0.25) is 6.41 Å². The Morgan fingerprint density at radius 1 is 1.71 bits per heavy atom. The van der Waals surface area contributed by atoms with Crippen molar-refractivity contribution in [3.63, 3.8) is 0 Å². The molecule has 1 aromatic heterocycles. The largest absolute Gasteiger partial charge is 0.472 e. The number of hydrogen-bond acceptors (Lipinski definition) is 4. The lowest BCUT2D eigenvalue weighted by atomic mass is 10.1. The summed E-state index contributed by atoms with van der Waals surface area (Å²) in [6, 6.07) is 2.14. The molecule has 1 fully saturated rings. The third-order valence-corrected chi connectivity index (χ3v) is 2.54. The van der Waals surface area contributed by atoms with Gasteiger partial charge in [-0.3, -0.25) is 4.79 Å². The smallest absolute Gasteiger partial charge is 0.257 e. The zero-order valence-electron chi connectivity index (χ0n) is 9.80. The molecule has 0 radical (unpaired) electrons. The van der Waals surface area contributed by atoms with Crippen LogP contribution in [0.25, 0.3) is 0 Å². The van der Waals surface area contributed by atoms with Gasteiger partial charge in [0.05, 0.1) is 12.3 Å². The van der Waals surface area contributed by atoms with Crippen LogP contribution in [0.15, 0.2) is 6.20 Å². The number of carbonyl (C=O) groups is 1. The number of aromatic nitrogens is 2. The minimum Gasteiger partial charge on any atom is -0.472 e. The summed E-state index contributed by atoms with van der Waals surface area (Å²) in [5.74, 6) is 0.378. The standard InChI is InChI=1S/C11H14N4O2/c1-11(2,6-12)15-5-9(13-7-16)10(14-15)17-8-3-4-8/h5,7-8H,3-4H2,1-2H3,(H,13,16). The lowest BCUT2D eigenvalue weighted by molar-refractivity contribution is -0.105. The molecule has 90 valence electrons. The second kappa shape index (κ2) is 4.09. The van der Waals surface area contributed by atoms with E-state index in [4.69, 9.17) is 10.00 Å². The van der Waals surface area contributed by atoms with Crippen LogP contribution >= 0.6 is 0 Å². The topological polar surface area (TPSA) is 79.9 Å². The van der Waals surface area contributed by atoms with Crippen molar-refractivity contribution in [1.82, 2.24) is 9.78 Å². The Kier molecular flexibility index (Phi) is 2.76. The van der Waals surface area contributed by atoms with Crippen molar-refractivity contribution in [3.05, 3.63) is 6.20 Å². The zero-order chi connectivity index (χ0) is 12.5. The molecule has 0 aliphatic heterocycles. The minimum atomic E-state index is -0.773. The molecule has 6 heteroatoms. The van der Waals surface area contributed by atoms with E-state index in [9.17, 15) is 4.79 Å². The van der Waals surface area contributed by atoms with Crippen LogP contribution in [-0.2, 0) is 10.3 Å². The molecule has 0 aromatic carbocycles. The predicted octanol–water partition coefficient (Wildman–Crippen LogP) is 1.25. The number of anilines is 1. The second-order valence-electron chi connectivity index (χ2n) is 4.54. The Morgan fingerprint density at radius 2 is 2.41 bits per heavy atom. The van der Waals surface area contributed by atoms with E-state index in [1.807, 2.05) is 0 Å². The Morgan fingerprint density at radius 3 is 2.94 bits per heavy atom. The highest BCUT2D eigenvalue weighted by atomic mass is 16.5. The molecule has 1 aliphatic rings. The fourth-order valence-electron chi connectivity index (χ4n) is 1.29. The Bertz CT molecular complexity index is 468. The molecule has 0 saturated heterocycles. The summed E-state index contributed by atoms with van der Waals surface area (Å²) in [6.45, 7) is 3.48. The van der Waals surface area contributed by atoms with E-state index in [2.05, 4.69) is 16.5 Å². The first-order valence-electron chi connectivity index (χ1n) is 5.45. The van der Waals surface area contributed by atoms with Crippen molar-refractivity contribution in [3.8, 4) is 11.9 Å². The van der Waals surface area contributed by atoms with Crippen LogP contribution in [0.4, 0.5) is 5.69 Å². The maximum absolute atomic E-state index is 10.5. The summed E-state index contributed by atoms with van der Waals surface area (Å²) in [6.07, 6.45) is 4.38. The van der Waals surface area contributed by atoms with Gasteiger partial charge in [-0.2, -0.15) is 5.26 Å². The van der Waals surface area contributed by atoms with E-state index < -0.39 is 5.54 Å². The summed E-state index contributed by atoms with van der Waals surface area (Å²) in [4.78, 5) is 10.5. The highest BCUT2D eigenvalue weighted by Crippen LogP contribution is 2.32. The van der Waals surface area contributed by atoms with Crippen LogP contribution in [-0.4, -0.2) is 22.3 Å². The van der Waals surface area contributed by atoms with Crippen LogP contribution in [0.1, 0.15) is 26.7 Å². The van der Waals surface area contributed by atoms with Gasteiger partial charge in [0, 0.05) is 0 Å². The fourth-order valence-corrected chi connectivity index (χ4v) is 1.29. The van der Waals surface area contributed by atoms with Crippen molar-refractivity contribution < 1.29 is 9.53 Å². The summed E-state index contributed by atoms with van der Waals surface area (Å²) in [5.41, 5.74) is -0.278. The Balaban J connectivity index is 2.29. The molecular weight excluding hydrogens is 220 g/mol. The van der Waals surface area contributed by atoms with Gasteiger partial charge in [-0.15, -0.1) is 5.10 Å². The molecule has 1 aromatic rings. The van der Waals surface area contributed by atoms with Crippen LogP contribution in [0.3, 0.4) is 0 Å². The zero-order valence-corrected chi connectivity index (χ0v) is 9.80. The average Bonchev–Trinajstić information content (AvgIpc) is 3.01. The van der Waals surface area contributed by atoms with Crippen molar-refractivity contribution in [1.29, 1.82) is 5.26 Å². The maximum Gasteiger partial charge on any atom is 0.257 e. The quantitative estimate of drug-likeness (QED) is 0.777. The molecule has 0 atom stereocenters. The summed E-state index contributed by atoms with van der Waals surface area (Å²) >= 11 is 0. The molecule has 17 heavy (non-hydrogen) atoms.